The first-order valence-electron chi connectivity index (χ1n) is 11.9. The van der Waals surface area contributed by atoms with Crippen LogP contribution in [0, 0.1) is 0 Å². The number of hydrogen-bond acceptors (Lipinski definition) is 5. The van der Waals surface area contributed by atoms with Crippen molar-refractivity contribution in [2.45, 2.75) is 26.4 Å². The first-order valence-corrected chi connectivity index (χ1v) is 11.9. The van der Waals surface area contributed by atoms with Crippen LogP contribution in [-0.2, 0) is 21.4 Å². The first-order chi connectivity index (χ1) is 17.8. The Kier molecular flexibility index (Phi) is 7.48. The van der Waals surface area contributed by atoms with Gasteiger partial charge in [-0.15, -0.1) is 0 Å². The number of ether oxygens (including phenoxy) is 1. The summed E-state index contributed by atoms with van der Waals surface area (Å²) in [4.78, 5) is 50.8. The van der Waals surface area contributed by atoms with Gasteiger partial charge in [0.05, 0.1) is 0 Å². The molecule has 1 atom stereocenters. The molecule has 0 saturated heterocycles. The van der Waals surface area contributed by atoms with Crippen LogP contribution in [-0.4, -0.2) is 28.5 Å². The molecule has 2 amide bonds. The Bertz CT molecular complexity index is 1530. The van der Waals surface area contributed by atoms with Crippen molar-refractivity contribution in [2.75, 3.05) is 10.6 Å². The highest BCUT2D eigenvalue weighted by Gasteiger charge is 2.27. The minimum Gasteiger partial charge on any atom is -0.448 e. The highest BCUT2D eigenvalue weighted by molar-refractivity contribution is 6.07. The summed E-state index contributed by atoms with van der Waals surface area (Å²) in [7, 11) is 1.52. The molecule has 188 valence electrons. The van der Waals surface area contributed by atoms with Crippen LogP contribution in [0.3, 0.4) is 0 Å². The summed E-state index contributed by atoms with van der Waals surface area (Å²) in [5, 5.41) is 6.50. The third-order valence-corrected chi connectivity index (χ3v) is 5.94. The van der Waals surface area contributed by atoms with Crippen molar-refractivity contribution in [2.24, 2.45) is 7.05 Å². The highest BCUT2D eigenvalue weighted by atomic mass is 16.5. The fourth-order valence-electron chi connectivity index (χ4n) is 4.17. The van der Waals surface area contributed by atoms with Crippen LogP contribution in [0.2, 0.25) is 0 Å². The number of nitrogens with zero attached hydrogens (tertiary/aromatic N) is 1. The van der Waals surface area contributed by atoms with Crippen molar-refractivity contribution < 1.29 is 19.1 Å². The van der Waals surface area contributed by atoms with Gasteiger partial charge in [-0.05, 0) is 47.7 Å². The smallest absolute Gasteiger partial charge is 0.356 e. The Morgan fingerprint density at radius 2 is 1.41 bits per heavy atom. The van der Waals surface area contributed by atoms with E-state index in [-0.39, 0.29) is 23.6 Å². The average Bonchev–Trinajstić information content (AvgIpc) is 2.90. The van der Waals surface area contributed by atoms with E-state index in [1.165, 1.54) is 18.5 Å². The molecule has 0 spiro atoms. The van der Waals surface area contributed by atoms with Crippen LogP contribution in [0.4, 0.5) is 11.4 Å². The second-order valence-electron chi connectivity index (χ2n) is 8.55. The van der Waals surface area contributed by atoms with Crippen molar-refractivity contribution >= 4 is 39.9 Å². The van der Waals surface area contributed by atoms with Gasteiger partial charge in [0, 0.05) is 36.3 Å². The highest BCUT2D eigenvalue weighted by Crippen LogP contribution is 2.31. The van der Waals surface area contributed by atoms with Crippen molar-refractivity contribution in [1.82, 2.24) is 4.57 Å². The maximum absolute atomic E-state index is 13.5. The Morgan fingerprint density at radius 3 is 2.00 bits per heavy atom. The van der Waals surface area contributed by atoms with Crippen LogP contribution in [0.1, 0.15) is 30.8 Å². The van der Waals surface area contributed by atoms with Gasteiger partial charge in [0.15, 0.2) is 6.10 Å². The van der Waals surface area contributed by atoms with Gasteiger partial charge in [-0.2, -0.15) is 0 Å². The summed E-state index contributed by atoms with van der Waals surface area (Å²) in [5.74, 6) is -1.48. The zero-order chi connectivity index (χ0) is 26.5. The number of carbonyl (C=O) groups excluding carboxylic acids is 3. The fraction of sp³-hybridized carbons (Fsp3) is 0.172. The van der Waals surface area contributed by atoms with Crippen LogP contribution in [0.5, 0.6) is 0 Å². The molecule has 0 radical (unpaired) electrons. The number of pyridine rings is 1. The molecule has 2 N–H and O–H groups in total. The Labute approximate surface area is 213 Å². The van der Waals surface area contributed by atoms with Gasteiger partial charge < -0.3 is 19.9 Å². The number of hydrogen-bond donors (Lipinski definition) is 2. The number of fused-ring (bicyclic) bond motifs is 1. The molecule has 4 aromatic rings. The van der Waals surface area contributed by atoms with Gasteiger partial charge in [-0.1, -0.05) is 55.5 Å². The second-order valence-corrected chi connectivity index (χ2v) is 8.55. The Balaban J connectivity index is 1.66. The minimum atomic E-state index is -1.09. The molecule has 37 heavy (non-hydrogen) atoms. The third kappa shape index (κ3) is 5.43. The fourth-order valence-corrected chi connectivity index (χ4v) is 4.17. The van der Waals surface area contributed by atoms with E-state index in [1.54, 1.807) is 49.4 Å². The molecule has 0 saturated carbocycles. The number of benzene rings is 3. The predicted octanol–water partition coefficient (Wildman–Crippen LogP) is 4.74. The molecule has 4 rings (SSSR count). The van der Waals surface area contributed by atoms with Crippen LogP contribution >= 0.6 is 0 Å². The van der Waals surface area contributed by atoms with Crippen LogP contribution in [0.15, 0.2) is 83.7 Å². The van der Waals surface area contributed by atoms with Crippen LogP contribution < -0.4 is 16.2 Å². The zero-order valence-corrected chi connectivity index (χ0v) is 20.8. The van der Waals surface area contributed by atoms with E-state index in [0.717, 1.165) is 5.56 Å². The van der Waals surface area contributed by atoms with Crippen molar-refractivity contribution in [3.8, 4) is 11.1 Å². The van der Waals surface area contributed by atoms with E-state index in [9.17, 15) is 19.2 Å². The Morgan fingerprint density at radius 1 is 0.838 bits per heavy atom. The summed E-state index contributed by atoms with van der Waals surface area (Å²) in [6.07, 6.45) is -0.864. The quantitative estimate of drug-likeness (QED) is 0.359. The number of aromatic nitrogens is 1. The maximum Gasteiger partial charge on any atom is 0.356 e. The summed E-state index contributed by atoms with van der Waals surface area (Å²) < 4.78 is 6.95. The van der Waals surface area contributed by atoms with E-state index in [1.807, 2.05) is 36.4 Å². The summed E-state index contributed by atoms with van der Waals surface area (Å²) in [5.41, 5.74) is 2.12. The van der Waals surface area contributed by atoms with E-state index >= 15 is 0 Å². The van der Waals surface area contributed by atoms with E-state index in [2.05, 4.69) is 10.6 Å². The molecule has 0 bridgehead atoms. The molecular formula is C29H27N3O5. The number of rotatable bonds is 7. The Hall–Kier alpha value is -4.72. The first kappa shape index (κ1) is 25.4. The number of anilines is 2. The topological polar surface area (TPSA) is 106 Å². The van der Waals surface area contributed by atoms with Gasteiger partial charge >= 0.3 is 5.97 Å². The average molecular weight is 498 g/mol. The molecule has 0 aliphatic carbocycles. The normalized spacial score (nSPS) is 11.5. The number of amides is 2. The molecule has 8 nitrogen and oxygen atoms in total. The van der Waals surface area contributed by atoms with E-state index in [4.69, 9.17) is 4.74 Å². The lowest BCUT2D eigenvalue weighted by Gasteiger charge is -2.20. The lowest BCUT2D eigenvalue weighted by atomic mass is 9.97. The number of carbonyl (C=O) groups is 3. The molecule has 0 aliphatic heterocycles. The molecule has 0 aliphatic rings. The third-order valence-electron chi connectivity index (χ3n) is 5.94. The largest absolute Gasteiger partial charge is 0.448 e. The van der Waals surface area contributed by atoms with Crippen molar-refractivity contribution in [3.63, 3.8) is 0 Å². The van der Waals surface area contributed by atoms with Gasteiger partial charge in [-0.3, -0.25) is 14.4 Å². The van der Waals surface area contributed by atoms with E-state index < -0.39 is 18.0 Å². The maximum atomic E-state index is 13.5. The SMILES string of the molecule is CCC(OC(=O)c1c(-c2ccccc2)c2ccccc2c(=O)n1C)C(=O)Nc1ccc(NC(C)=O)cc1. The lowest BCUT2D eigenvalue weighted by Crippen LogP contribution is -2.34. The standard InChI is InChI=1S/C29H27N3O5/c1-4-24(27(34)31-21-16-14-20(15-17-21)30-18(2)33)37-29(36)26-25(19-10-6-5-7-11-19)22-12-8-9-13-23(22)28(35)32(26)3/h5-17,24H,4H2,1-3H3,(H,30,33)(H,31,34). The van der Waals surface area contributed by atoms with Gasteiger partial charge in [0.1, 0.15) is 5.69 Å². The van der Waals surface area contributed by atoms with Gasteiger partial charge in [-0.25, -0.2) is 4.79 Å². The lowest BCUT2D eigenvalue weighted by molar-refractivity contribution is -0.124. The van der Waals surface area contributed by atoms with Crippen molar-refractivity contribution in [1.29, 1.82) is 0 Å². The van der Waals surface area contributed by atoms with Gasteiger partial charge in [0.2, 0.25) is 5.91 Å². The summed E-state index contributed by atoms with van der Waals surface area (Å²) in [6, 6.07) is 23.0. The molecule has 1 unspecified atom stereocenters. The summed E-state index contributed by atoms with van der Waals surface area (Å²) in [6.45, 7) is 3.14. The predicted molar refractivity (Wildman–Crippen MR) is 143 cm³/mol. The minimum absolute atomic E-state index is 0.0702. The number of nitrogens with one attached hydrogen (secondary N) is 2. The molecule has 8 heteroatoms. The zero-order valence-electron chi connectivity index (χ0n) is 20.8. The van der Waals surface area contributed by atoms with Gasteiger partial charge in [0.25, 0.3) is 11.5 Å². The van der Waals surface area contributed by atoms with Crippen molar-refractivity contribution in [3.05, 3.63) is 94.9 Å². The monoisotopic (exact) mass is 497 g/mol. The summed E-state index contributed by atoms with van der Waals surface area (Å²) >= 11 is 0. The van der Waals surface area contributed by atoms with Crippen LogP contribution in [0.25, 0.3) is 21.9 Å². The molecule has 1 aromatic heterocycles. The molecule has 1 heterocycles. The molecule has 0 fully saturated rings. The molecular weight excluding hydrogens is 470 g/mol. The second kappa shape index (κ2) is 10.9. The number of esters is 1. The van der Waals surface area contributed by atoms with E-state index in [0.29, 0.717) is 27.7 Å². The molecule has 3 aromatic carbocycles.